The molecule has 1 saturated heterocycles. The Morgan fingerprint density at radius 3 is 2.66 bits per heavy atom. The van der Waals surface area contributed by atoms with Crippen LogP contribution in [0.25, 0.3) is 21.5 Å². The van der Waals surface area contributed by atoms with Crippen LogP contribution in [0.1, 0.15) is 31.7 Å². The van der Waals surface area contributed by atoms with Gasteiger partial charge in [0.05, 0.1) is 6.04 Å². The van der Waals surface area contributed by atoms with E-state index in [1.807, 2.05) is 0 Å². The van der Waals surface area contributed by atoms with E-state index in [1.165, 1.54) is 29.0 Å². The van der Waals surface area contributed by atoms with E-state index in [2.05, 4.69) is 84.3 Å². The normalized spacial score (nSPS) is 25.2. The van der Waals surface area contributed by atoms with Gasteiger partial charge in [-0.15, -0.1) is 0 Å². The van der Waals surface area contributed by atoms with Gasteiger partial charge in [0.1, 0.15) is 0 Å². The Morgan fingerprint density at radius 1 is 1.00 bits per heavy atom. The fraction of sp³-hybridized carbons (Fsp3) is 0.276. The average Bonchev–Trinajstić information content (AvgIpc) is 3.08. The highest BCUT2D eigenvalue weighted by molar-refractivity contribution is 6.09. The lowest BCUT2D eigenvalue weighted by molar-refractivity contribution is -0.150. The maximum absolute atomic E-state index is 12.3. The van der Waals surface area contributed by atoms with E-state index in [1.54, 1.807) is 6.08 Å². The predicted octanol–water partition coefficient (Wildman–Crippen LogP) is 5.38. The van der Waals surface area contributed by atoms with Crippen molar-refractivity contribution in [3.05, 3.63) is 83.5 Å². The van der Waals surface area contributed by atoms with Crippen molar-refractivity contribution in [3.63, 3.8) is 0 Å². The molecule has 3 aromatic carbocycles. The van der Waals surface area contributed by atoms with Crippen LogP contribution in [0.15, 0.2) is 77.9 Å². The highest BCUT2D eigenvalue weighted by Gasteiger charge is 2.50. The first kappa shape index (κ1) is 19.3. The number of fused-ring (bicyclic) bond motifs is 6. The van der Waals surface area contributed by atoms with Gasteiger partial charge in [-0.2, -0.15) is 0 Å². The third-order valence-corrected chi connectivity index (χ3v) is 7.28. The topological polar surface area (TPSA) is 29.5 Å². The van der Waals surface area contributed by atoms with E-state index >= 15 is 0 Å². The number of benzene rings is 3. The van der Waals surface area contributed by atoms with Gasteiger partial charge in [0.25, 0.3) is 0 Å². The van der Waals surface area contributed by atoms with E-state index in [0.29, 0.717) is 0 Å². The molecule has 0 unspecified atom stereocenters. The summed E-state index contributed by atoms with van der Waals surface area (Å²) in [6, 6.07) is 19.3. The zero-order valence-electron chi connectivity index (χ0n) is 18.2. The summed E-state index contributed by atoms with van der Waals surface area (Å²) in [6.07, 6.45) is 7.26. The van der Waals surface area contributed by atoms with Crippen LogP contribution in [-0.2, 0) is 9.53 Å². The number of esters is 1. The molecule has 0 amide bonds. The van der Waals surface area contributed by atoms with Crippen LogP contribution in [0.2, 0.25) is 0 Å². The second kappa shape index (κ2) is 7.36. The maximum Gasteiger partial charge on any atom is 0.332 e. The molecule has 0 spiro atoms. The van der Waals surface area contributed by atoms with Crippen LogP contribution in [0.5, 0.6) is 0 Å². The lowest BCUT2D eigenvalue weighted by Gasteiger charge is -2.43. The minimum Gasteiger partial charge on any atom is -0.450 e. The second-order valence-electron chi connectivity index (χ2n) is 9.15. The van der Waals surface area contributed by atoms with E-state index in [4.69, 9.17) is 4.74 Å². The molecule has 3 nitrogen and oxygen atoms in total. The summed E-state index contributed by atoms with van der Waals surface area (Å²) < 4.78 is 5.93. The Balaban J connectivity index is 1.49. The minimum atomic E-state index is -0.625. The lowest BCUT2D eigenvalue weighted by atomic mass is 9.81. The van der Waals surface area contributed by atoms with Gasteiger partial charge >= 0.3 is 5.97 Å². The predicted molar refractivity (Wildman–Crippen MR) is 128 cm³/mol. The fourth-order valence-electron chi connectivity index (χ4n) is 5.71. The smallest absolute Gasteiger partial charge is 0.332 e. The summed E-state index contributed by atoms with van der Waals surface area (Å²) in [7, 11) is 0. The first-order chi connectivity index (χ1) is 15.6. The van der Waals surface area contributed by atoms with Crippen molar-refractivity contribution in [2.75, 3.05) is 13.1 Å². The minimum absolute atomic E-state index is 0.214. The molecule has 1 fully saturated rings. The molecule has 6 rings (SSSR count). The molecule has 3 aliphatic heterocycles. The number of carbonyl (C=O) groups is 1. The van der Waals surface area contributed by atoms with Crippen LogP contribution in [0.3, 0.4) is 0 Å². The molecule has 0 bridgehead atoms. The Hall–Kier alpha value is -3.35. The lowest BCUT2D eigenvalue weighted by Crippen LogP contribution is -2.53. The molecule has 2 atom stereocenters. The highest BCUT2D eigenvalue weighted by atomic mass is 16.6. The summed E-state index contributed by atoms with van der Waals surface area (Å²) in [5, 5.41) is 4.79. The number of carbonyl (C=O) groups excluding carboxylic acids is 1. The van der Waals surface area contributed by atoms with Crippen LogP contribution in [-0.4, -0.2) is 35.6 Å². The zero-order valence-corrected chi connectivity index (χ0v) is 18.2. The first-order valence-corrected chi connectivity index (χ1v) is 11.5. The van der Waals surface area contributed by atoms with Crippen molar-refractivity contribution in [2.24, 2.45) is 0 Å². The average molecular weight is 420 g/mol. The van der Waals surface area contributed by atoms with Crippen LogP contribution < -0.4 is 0 Å². The number of ether oxygens (including phenoxy) is 1. The van der Waals surface area contributed by atoms with Gasteiger partial charge in [0.15, 0.2) is 5.60 Å². The summed E-state index contributed by atoms with van der Waals surface area (Å²) in [4.78, 5) is 14.8. The fourth-order valence-corrected chi connectivity index (χ4v) is 5.71. The summed E-state index contributed by atoms with van der Waals surface area (Å²) in [5.41, 5.74) is 2.24. The molecule has 3 heterocycles. The number of nitrogens with zero attached hydrogens (tertiary/aromatic N) is 1. The molecule has 0 radical (unpaired) electrons. The van der Waals surface area contributed by atoms with Gasteiger partial charge in [0.2, 0.25) is 0 Å². The number of piperidine rings is 1. The van der Waals surface area contributed by atoms with Gasteiger partial charge in [0, 0.05) is 29.3 Å². The molecule has 0 N–H and O–H groups in total. The molecule has 0 saturated carbocycles. The number of hydrogen-bond acceptors (Lipinski definition) is 3. The van der Waals surface area contributed by atoms with Gasteiger partial charge in [-0.3, -0.25) is 4.90 Å². The molecule has 3 aromatic rings. The Morgan fingerprint density at radius 2 is 1.78 bits per heavy atom. The third kappa shape index (κ3) is 2.98. The highest BCUT2D eigenvalue weighted by Crippen LogP contribution is 2.43. The Kier molecular flexibility index (Phi) is 4.45. The second-order valence-corrected chi connectivity index (χ2v) is 9.15. The van der Waals surface area contributed by atoms with Crippen molar-refractivity contribution in [3.8, 4) is 11.8 Å². The van der Waals surface area contributed by atoms with Gasteiger partial charge in [-0.05, 0) is 53.9 Å². The van der Waals surface area contributed by atoms with Crippen molar-refractivity contribution in [1.29, 1.82) is 0 Å². The van der Waals surface area contributed by atoms with Crippen LogP contribution in [0.4, 0.5) is 0 Å². The van der Waals surface area contributed by atoms with E-state index in [-0.39, 0.29) is 12.0 Å². The molecular formula is C29H25NO2. The van der Waals surface area contributed by atoms with E-state index < -0.39 is 5.60 Å². The number of rotatable bonds is 0. The quantitative estimate of drug-likeness (QED) is 0.278. The maximum atomic E-state index is 12.3. The Labute approximate surface area is 188 Å². The standard InChI is InChI=1S/C29H25NO2/c1-29-26(19-28(31)32-29)20(15-17-30-16-7-6-12-27(29)30)13-14-22-18-21-8-2-3-9-23(21)25-11-5-4-10-24(22)25/h2-5,8-11,15,18-19,27H,6-7,12,16-17H2,1H3/t27-,29+/m1/s1. The summed E-state index contributed by atoms with van der Waals surface area (Å²) in [6.45, 7) is 3.95. The van der Waals surface area contributed by atoms with Gasteiger partial charge < -0.3 is 4.74 Å². The van der Waals surface area contributed by atoms with Gasteiger partial charge in [-0.25, -0.2) is 4.79 Å². The molecule has 3 aliphatic rings. The molecule has 3 heteroatoms. The largest absolute Gasteiger partial charge is 0.450 e. The van der Waals surface area contributed by atoms with Crippen molar-refractivity contribution in [2.45, 2.75) is 37.8 Å². The number of hydrogen-bond donors (Lipinski definition) is 0. The molecule has 32 heavy (non-hydrogen) atoms. The van der Waals surface area contributed by atoms with Gasteiger partial charge in [-0.1, -0.05) is 72.9 Å². The molecular weight excluding hydrogens is 394 g/mol. The molecule has 0 aromatic heterocycles. The van der Waals surface area contributed by atoms with E-state index in [9.17, 15) is 4.79 Å². The van der Waals surface area contributed by atoms with E-state index in [0.717, 1.165) is 41.6 Å². The van der Waals surface area contributed by atoms with Crippen molar-refractivity contribution in [1.82, 2.24) is 4.90 Å². The Bertz CT molecular complexity index is 1390. The molecule has 158 valence electrons. The summed E-state index contributed by atoms with van der Waals surface area (Å²) in [5.74, 6) is 6.65. The monoisotopic (exact) mass is 419 g/mol. The summed E-state index contributed by atoms with van der Waals surface area (Å²) >= 11 is 0. The SMILES string of the molecule is C[C@]12OC(=O)C=C1C(C#Cc1cc3ccccc3c3ccccc13)=CCN1CCCC[C@@H]12. The van der Waals surface area contributed by atoms with Crippen molar-refractivity contribution >= 4 is 27.5 Å². The van der Waals surface area contributed by atoms with Crippen LogP contribution in [0, 0.1) is 11.8 Å². The van der Waals surface area contributed by atoms with Crippen molar-refractivity contribution < 1.29 is 9.53 Å². The third-order valence-electron chi connectivity index (χ3n) is 7.28. The van der Waals surface area contributed by atoms with Crippen LogP contribution >= 0.6 is 0 Å². The zero-order chi connectivity index (χ0) is 21.7. The molecule has 0 aliphatic carbocycles. The first-order valence-electron chi connectivity index (χ1n) is 11.5.